The average molecular weight is 318 g/mol. The van der Waals surface area contributed by atoms with Gasteiger partial charge in [0.15, 0.2) is 6.61 Å². The fourth-order valence-electron chi connectivity index (χ4n) is 2.16. The number of amides is 1. The van der Waals surface area contributed by atoms with Crippen molar-refractivity contribution >= 4 is 17.5 Å². The molecule has 1 N–H and O–H groups in total. The van der Waals surface area contributed by atoms with E-state index in [1.807, 2.05) is 13.8 Å². The van der Waals surface area contributed by atoms with Gasteiger partial charge in [-0.05, 0) is 31.0 Å². The highest BCUT2D eigenvalue weighted by Crippen LogP contribution is 2.24. The Morgan fingerprint density at radius 3 is 2.62 bits per heavy atom. The number of aliphatic hydroxyl groups is 1. The number of hydrogen-bond acceptors (Lipinski definition) is 3. The predicted molar refractivity (Wildman–Crippen MR) is 80.1 cm³/mol. The molecule has 6 heteroatoms. The van der Waals surface area contributed by atoms with Crippen molar-refractivity contribution in [3.8, 4) is 5.75 Å². The third-order valence-electron chi connectivity index (χ3n) is 3.29. The van der Waals surface area contributed by atoms with Crippen LogP contribution in [0, 0.1) is 5.82 Å². The summed E-state index contributed by atoms with van der Waals surface area (Å²) >= 11 is 5.84. The number of rotatable bonds is 8. The van der Waals surface area contributed by atoms with Crippen molar-refractivity contribution in [1.82, 2.24) is 4.90 Å². The lowest BCUT2D eigenvalue weighted by atomic mass is 10.1. The van der Waals surface area contributed by atoms with E-state index in [4.69, 9.17) is 21.4 Å². The van der Waals surface area contributed by atoms with Crippen LogP contribution in [0.1, 0.15) is 26.7 Å². The van der Waals surface area contributed by atoms with Crippen molar-refractivity contribution < 1.29 is 19.0 Å². The average Bonchev–Trinajstić information content (AvgIpc) is 2.46. The predicted octanol–water partition coefficient (Wildman–Crippen LogP) is 2.87. The molecule has 0 bridgehead atoms. The molecular weight excluding hydrogens is 297 g/mol. The molecule has 118 valence electrons. The number of ether oxygens (including phenoxy) is 1. The third kappa shape index (κ3) is 5.17. The molecule has 0 aromatic heterocycles. The highest BCUT2D eigenvalue weighted by molar-refractivity contribution is 6.32. The van der Waals surface area contributed by atoms with Crippen molar-refractivity contribution in [3.63, 3.8) is 0 Å². The van der Waals surface area contributed by atoms with Gasteiger partial charge in [0.05, 0.1) is 11.6 Å². The van der Waals surface area contributed by atoms with Crippen LogP contribution < -0.4 is 4.74 Å². The van der Waals surface area contributed by atoms with Crippen LogP contribution in [-0.2, 0) is 4.79 Å². The Balaban J connectivity index is 2.68. The molecule has 4 nitrogen and oxygen atoms in total. The van der Waals surface area contributed by atoms with E-state index in [0.717, 1.165) is 18.9 Å². The van der Waals surface area contributed by atoms with Crippen molar-refractivity contribution in [2.24, 2.45) is 0 Å². The molecule has 0 aliphatic carbocycles. The second kappa shape index (κ2) is 8.85. The van der Waals surface area contributed by atoms with E-state index in [1.54, 1.807) is 4.90 Å². The van der Waals surface area contributed by atoms with Crippen molar-refractivity contribution in [3.05, 3.63) is 29.0 Å². The molecule has 0 unspecified atom stereocenters. The Labute approximate surface area is 129 Å². The van der Waals surface area contributed by atoms with Gasteiger partial charge in [-0.1, -0.05) is 25.4 Å². The lowest BCUT2D eigenvalue weighted by Crippen LogP contribution is -2.44. The van der Waals surface area contributed by atoms with Gasteiger partial charge in [0, 0.05) is 12.6 Å². The van der Waals surface area contributed by atoms with Crippen LogP contribution in [0.4, 0.5) is 4.39 Å². The van der Waals surface area contributed by atoms with E-state index >= 15 is 0 Å². The standard InChI is InChI=1S/C15H21ClFNO3/c1-3-12(4-2)18(7-8-19)15(20)10-21-14-6-5-11(17)9-13(14)16/h5-6,9,12,19H,3-4,7-8,10H2,1-2H3. The summed E-state index contributed by atoms with van der Waals surface area (Å²) in [7, 11) is 0. The van der Waals surface area contributed by atoms with Crippen molar-refractivity contribution in [2.45, 2.75) is 32.7 Å². The van der Waals surface area contributed by atoms with E-state index in [9.17, 15) is 9.18 Å². The van der Waals surface area contributed by atoms with E-state index in [1.165, 1.54) is 12.1 Å². The molecule has 0 saturated heterocycles. The topological polar surface area (TPSA) is 49.8 Å². The summed E-state index contributed by atoms with van der Waals surface area (Å²) < 4.78 is 18.3. The molecule has 1 amide bonds. The molecule has 1 aromatic rings. The maximum absolute atomic E-state index is 12.9. The molecule has 0 heterocycles. The number of benzene rings is 1. The molecule has 1 rings (SSSR count). The Morgan fingerprint density at radius 1 is 1.43 bits per heavy atom. The monoisotopic (exact) mass is 317 g/mol. The SMILES string of the molecule is CCC(CC)N(CCO)C(=O)COc1ccc(F)cc1Cl. The summed E-state index contributed by atoms with van der Waals surface area (Å²) in [6.45, 7) is 3.96. The Bertz CT molecular complexity index is 466. The van der Waals surface area contributed by atoms with Gasteiger partial charge in [-0.25, -0.2) is 4.39 Å². The Hall–Kier alpha value is -1.33. The largest absolute Gasteiger partial charge is 0.482 e. The summed E-state index contributed by atoms with van der Waals surface area (Å²) in [4.78, 5) is 13.8. The van der Waals surface area contributed by atoms with Crippen molar-refractivity contribution in [2.75, 3.05) is 19.8 Å². The van der Waals surface area contributed by atoms with Crippen LogP contribution in [0.25, 0.3) is 0 Å². The van der Waals surface area contributed by atoms with Gasteiger partial charge in [-0.15, -0.1) is 0 Å². The number of halogens is 2. The highest BCUT2D eigenvalue weighted by Gasteiger charge is 2.21. The van der Waals surface area contributed by atoms with E-state index in [-0.39, 0.29) is 42.5 Å². The number of aliphatic hydroxyl groups excluding tert-OH is 1. The molecular formula is C15H21ClFNO3. The van der Waals surface area contributed by atoms with Gasteiger partial charge in [-0.2, -0.15) is 0 Å². The first-order valence-electron chi connectivity index (χ1n) is 7.01. The van der Waals surface area contributed by atoms with E-state index in [2.05, 4.69) is 0 Å². The maximum atomic E-state index is 12.9. The number of hydrogen-bond donors (Lipinski definition) is 1. The first-order chi connectivity index (χ1) is 10.0. The van der Waals surface area contributed by atoms with Gasteiger partial charge in [0.1, 0.15) is 11.6 Å². The number of carbonyl (C=O) groups excluding carboxylic acids is 1. The summed E-state index contributed by atoms with van der Waals surface area (Å²) in [6.07, 6.45) is 1.61. The first-order valence-corrected chi connectivity index (χ1v) is 7.39. The summed E-state index contributed by atoms with van der Waals surface area (Å²) in [6, 6.07) is 3.81. The van der Waals surface area contributed by atoms with Gasteiger partial charge in [-0.3, -0.25) is 4.79 Å². The molecule has 0 saturated carbocycles. The second-order valence-electron chi connectivity index (χ2n) is 4.64. The fraction of sp³-hybridized carbons (Fsp3) is 0.533. The minimum Gasteiger partial charge on any atom is -0.482 e. The van der Waals surface area contributed by atoms with Gasteiger partial charge in [0.2, 0.25) is 0 Å². The molecule has 0 aliphatic rings. The van der Waals surface area contributed by atoms with Crippen LogP contribution in [0.5, 0.6) is 5.75 Å². The molecule has 0 radical (unpaired) electrons. The molecule has 0 fully saturated rings. The number of carbonyl (C=O) groups is 1. The smallest absolute Gasteiger partial charge is 0.260 e. The maximum Gasteiger partial charge on any atom is 0.260 e. The van der Waals surface area contributed by atoms with E-state index in [0.29, 0.717) is 0 Å². The summed E-state index contributed by atoms with van der Waals surface area (Å²) in [5, 5.41) is 9.21. The van der Waals surface area contributed by atoms with Crippen molar-refractivity contribution in [1.29, 1.82) is 0 Å². The summed E-state index contributed by atoms with van der Waals surface area (Å²) in [5.41, 5.74) is 0. The molecule has 0 aliphatic heterocycles. The normalized spacial score (nSPS) is 10.8. The van der Waals surface area contributed by atoms with Crippen LogP contribution in [0.2, 0.25) is 5.02 Å². The van der Waals surface area contributed by atoms with E-state index < -0.39 is 5.82 Å². The fourth-order valence-corrected chi connectivity index (χ4v) is 2.38. The zero-order valence-corrected chi connectivity index (χ0v) is 13.1. The van der Waals surface area contributed by atoms with Crippen LogP contribution in [0.15, 0.2) is 18.2 Å². The lowest BCUT2D eigenvalue weighted by Gasteiger charge is -2.30. The zero-order valence-electron chi connectivity index (χ0n) is 12.3. The minimum atomic E-state index is -0.461. The van der Waals surface area contributed by atoms with Crippen LogP contribution in [0.3, 0.4) is 0 Å². The van der Waals surface area contributed by atoms with Gasteiger partial charge in [0.25, 0.3) is 5.91 Å². The first kappa shape index (κ1) is 17.7. The van der Waals surface area contributed by atoms with Crippen LogP contribution >= 0.6 is 11.6 Å². The Kier molecular flexibility index (Phi) is 7.47. The van der Waals surface area contributed by atoms with Crippen LogP contribution in [-0.4, -0.2) is 41.7 Å². The lowest BCUT2D eigenvalue weighted by molar-refractivity contribution is -0.136. The molecule has 0 atom stereocenters. The zero-order chi connectivity index (χ0) is 15.8. The number of nitrogens with zero attached hydrogens (tertiary/aromatic N) is 1. The highest BCUT2D eigenvalue weighted by atomic mass is 35.5. The van der Waals surface area contributed by atoms with Gasteiger partial charge < -0.3 is 14.7 Å². The Morgan fingerprint density at radius 2 is 2.10 bits per heavy atom. The second-order valence-corrected chi connectivity index (χ2v) is 5.05. The quantitative estimate of drug-likeness (QED) is 0.802. The summed E-state index contributed by atoms with van der Waals surface area (Å²) in [5.74, 6) is -0.421. The van der Waals surface area contributed by atoms with Gasteiger partial charge >= 0.3 is 0 Å². The molecule has 21 heavy (non-hydrogen) atoms. The molecule has 1 aromatic carbocycles. The molecule has 0 spiro atoms. The minimum absolute atomic E-state index is 0.0666. The third-order valence-corrected chi connectivity index (χ3v) is 3.58.